The van der Waals surface area contributed by atoms with Crippen LogP contribution in [0.15, 0.2) is 0 Å². The van der Waals surface area contributed by atoms with Gasteiger partial charge in [0.2, 0.25) is 0 Å². The number of ether oxygens (including phenoxy) is 2. The molecular weight excluding hydrogens is 598 g/mol. The van der Waals surface area contributed by atoms with Crippen LogP contribution >= 0.6 is 0 Å². The zero-order valence-electron chi connectivity index (χ0n) is 27.6. The monoisotopic (exact) mass is 661 g/mol. The number of rotatable bonds is 33. The molecule has 7 N–H and O–H groups in total. The van der Waals surface area contributed by atoms with Crippen LogP contribution in [0.5, 0.6) is 0 Å². The molecule has 0 saturated heterocycles. The molecule has 0 radical (unpaired) electrons. The van der Waals surface area contributed by atoms with E-state index >= 15 is 0 Å². The van der Waals surface area contributed by atoms with Crippen LogP contribution in [-0.2, 0) is 36.0 Å². The molecular formula is C26H63N5O10Si2. The fraction of sp³-hybridized carbons (Fsp3) is 1.00. The van der Waals surface area contributed by atoms with Crippen LogP contribution in [0.3, 0.4) is 0 Å². The van der Waals surface area contributed by atoms with Crippen molar-refractivity contribution in [1.82, 2.24) is 20.9 Å². The predicted octanol–water partition coefficient (Wildman–Crippen LogP) is -1.69. The van der Waals surface area contributed by atoms with Gasteiger partial charge in [-0.1, -0.05) is 0 Å². The summed E-state index contributed by atoms with van der Waals surface area (Å²) in [6.45, 7) is 8.42. The molecule has 260 valence electrons. The molecule has 0 rings (SSSR count). The van der Waals surface area contributed by atoms with Crippen molar-refractivity contribution in [3.8, 4) is 0 Å². The van der Waals surface area contributed by atoms with E-state index in [9.17, 15) is 10.2 Å². The number of hydrogen-bond donors (Lipinski definition) is 6. The van der Waals surface area contributed by atoms with Gasteiger partial charge in [-0.25, -0.2) is 0 Å². The van der Waals surface area contributed by atoms with Crippen molar-refractivity contribution in [2.75, 3.05) is 135 Å². The van der Waals surface area contributed by atoms with Crippen LogP contribution in [-0.4, -0.2) is 179 Å². The first kappa shape index (κ1) is 42.8. The van der Waals surface area contributed by atoms with Gasteiger partial charge >= 0.3 is 17.6 Å². The summed E-state index contributed by atoms with van der Waals surface area (Å²) >= 11 is 0. The molecule has 0 aromatic rings. The second kappa shape index (κ2) is 28.1. The molecule has 0 fully saturated rings. The molecule has 0 bridgehead atoms. The maximum atomic E-state index is 10.6. The summed E-state index contributed by atoms with van der Waals surface area (Å²) in [5, 5.41) is 30.7. The minimum absolute atomic E-state index is 0.258. The standard InChI is InChI=1S/C26H63N5O10Si2/c1-34-42(35-2,36-3)19-7-17-40-23-25(32)21-30-12-11-29-14-16-31(15-13-28-10-9-27)22-26(33)24-41-18-8-20-43(37-4,38-5)39-6/h25-26,28-30,32-33H,7-24,27H2,1-6H3. The quantitative estimate of drug-likeness (QED) is 0.0346. The van der Waals surface area contributed by atoms with Crippen molar-refractivity contribution in [2.24, 2.45) is 5.73 Å². The van der Waals surface area contributed by atoms with Gasteiger partial charge in [0.1, 0.15) is 0 Å². The number of nitrogens with zero attached hydrogens (tertiary/aromatic N) is 1. The molecule has 0 aliphatic carbocycles. The fourth-order valence-electron chi connectivity index (χ4n) is 4.31. The summed E-state index contributed by atoms with van der Waals surface area (Å²) in [4.78, 5) is 2.20. The fourth-order valence-corrected chi connectivity index (χ4v) is 7.69. The highest BCUT2D eigenvalue weighted by molar-refractivity contribution is 6.60. The second-order valence-electron chi connectivity index (χ2n) is 10.0. The summed E-state index contributed by atoms with van der Waals surface area (Å²) in [5.41, 5.74) is 5.58. The minimum Gasteiger partial charge on any atom is -0.389 e. The molecule has 2 atom stereocenters. The van der Waals surface area contributed by atoms with Gasteiger partial charge in [-0.2, -0.15) is 0 Å². The largest absolute Gasteiger partial charge is 0.500 e. The number of aliphatic hydroxyl groups excluding tert-OH is 2. The smallest absolute Gasteiger partial charge is 0.389 e. The van der Waals surface area contributed by atoms with Crippen LogP contribution in [0.2, 0.25) is 12.1 Å². The molecule has 0 aromatic heterocycles. The van der Waals surface area contributed by atoms with E-state index in [1.807, 2.05) is 0 Å². The van der Waals surface area contributed by atoms with E-state index in [0.29, 0.717) is 51.5 Å². The van der Waals surface area contributed by atoms with E-state index in [-0.39, 0.29) is 13.2 Å². The number of hydrogen-bond acceptors (Lipinski definition) is 15. The Labute approximate surface area is 262 Å². The first-order valence-electron chi connectivity index (χ1n) is 15.2. The zero-order valence-corrected chi connectivity index (χ0v) is 29.6. The van der Waals surface area contributed by atoms with E-state index in [2.05, 4.69) is 20.9 Å². The van der Waals surface area contributed by atoms with E-state index < -0.39 is 29.8 Å². The van der Waals surface area contributed by atoms with E-state index in [1.165, 1.54) is 0 Å². The van der Waals surface area contributed by atoms with Crippen molar-refractivity contribution >= 4 is 17.6 Å². The molecule has 17 heteroatoms. The average molecular weight is 662 g/mol. The van der Waals surface area contributed by atoms with E-state index in [0.717, 1.165) is 52.1 Å². The van der Waals surface area contributed by atoms with Crippen LogP contribution in [0, 0.1) is 0 Å². The van der Waals surface area contributed by atoms with Gasteiger partial charge in [0, 0.05) is 133 Å². The van der Waals surface area contributed by atoms with Gasteiger partial charge in [-0.05, 0) is 12.8 Å². The van der Waals surface area contributed by atoms with Crippen LogP contribution < -0.4 is 21.7 Å². The lowest BCUT2D eigenvalue weighted by Gasteiger charge is -2.26. The van der Waals surface area contributed by atoms with E-state index in [1.54, 1.807) is 42.7 Å². The normalized spacial score (nSPS) is 14.1. The molecule has 0 aliphatic rings. The summed E-state index contributed by atoms with van der Waals surface area (Å²) < 4.78 is 43.7. The van der Waals surface area contributed by atoms with Crippen molar-refractivity contribution < 1.29 is 46.2 Å². The molecule has 0 amide bonds. The Hall–Kier alpha value is -0.166. The molecule has 0 aromatic carbocycles. The SMILES string of the molecule is CO[Si](CCCOCC(O)CNCCNCCN(CCNCCN)CC(O)COCCC[Si](OC)(OC)OC)(OC)OC. The average Bonchev–Trinajstić information content (AvgIpc) is 3.02. The third kappa shape index (κ3) is 21.3. The number of nitrogens with one attached hydrogen (secondary N) is 3. The zero-order chi connectivity index (χ0) is 32.2. The lowest BCUT2D eigenvalue weighted by atomic mass is 10.3. The molecule has 2 unspecified atom stereocenters. The minimum atomic E-state index is -2.60. The summed E-state index contributed by atoms with van der Waals surface area (Å²) in [6.07, 6.45) is 0.276. The number of nitrogens with two attached hydrogens (primary N) is 1. The topological polar surface area (TPSA) is 180 Å². The maximum Gasteiger partial charge on any atom is 0.500 e. The lowest BCUT2D eigenvalue weighted by Crippen LogP contribution is -2.43. The van der Waals surface area contributed by atoms with Gasteiger partial charge in [-0.15, -0.1) is 0 Å². The highest BCUT2D eigenvalue weighted by Crippen LogP contribution is 2.15. The van der Waals surface area contributed by atoms with Crippen LogP contribution in [0.4, 0.5) is 0 Å². The Morgan fingerprint density at radius 2 is 1.07 bits per heavy atom. The third-order valence-corrected chi connectivity index (χ3v) is 12.6. The maximum absolute atomic E-state index is 10.6. The molecule has 0 saturated carbocycles. The van der Waals surface area contributed by atoms with Crippen LogP contribution in [0.25, 0.3) is 0 Å². The molecule has 0 spiro atoms. The Kier molecular flexibility index (Phi) is 28.0. The summed E-state index contributed by atoms with van der Waals surface area (Å²) in [6, 6.07) is 1.31. The lowest BCUT2D eigenvalue weighted by molar-refractivity contribution is 0.0159. The predicted molar refractivity (Wildman–Crippen MR) is 170 cm³/mol. The van der Waals surface area contributed by atoms with Gasteiger partial charge in [-0.3, -0.25) is 4.90 Å². The first-order valence-corrected chi connectivity index (χ1v) is 19.0. The molecule has 43 heavy (non-hydrogen) atoms. The summed E-state index contributed by atoms with van der Waals surface area (Å²) in [7, 11) is 4.39. The van der Waals surface area contributed by atoms with Crippen molar-refractivity contribution in [3.63, 3.8) is 0 Å². The number of aliphatic hydroxyl groups is 2. The van der Waals surface area contributed by atoms with Crippen LogP contribution in [0.1, 0.15) is 12.8 Å². The Balaban J connectivity index is 4.13. The second-order valence-corrected chi connectivity index (χ2v) is 16.2. The van der Waals surface area contributed by atoms with E-state index in [4.69, 9.17) is 41.8 Å². The summed E-state index contributed by atoms with van der Waals surface area (Å²) in [5.74, 6) is 0. The third-order valence-electron chi connectivity index (χ3n) is 6.89. The van der Waals surface area contributed by atoms with Gasteiger partial charge in [0.25, 0.3) is 0 Å². The highest BCUT2D eigenvalue weighted by Gasteiger charge is 2.37. The molecule has 15 nitrogen and oxygen atoms in total. The first-order chi connectivity index (χ1) is 20.8. The highest BCUT2D eigenvalue weighted by atomic mass is 28.4. The van der Waals surface area contributed by atoms with Crippen molar-refractivity contribution in [2.45, 2.75) is 37.1 Å². The Morgan fingerprint density at radius 1 is 0.628 bits per heavy atom. The van der Waals surface area contributed by atoms with Crippen molar-refractivity contribution in [1.29, 1.82) is 0 Å². The van der Waals surface area contributed by atoms with Gasteiger partial charge in [0.15, 0.2) is 0 Å². The molecule has 0 heterocycles. The Bertz CT molecular complexity index is 600. The molecule has 0 aliphatic heterocycles. The van der Waals surface area contributed by atoms with Gasteiger partial charge in [0.05, 0.1) is 25.4 Å². The Morgan fingerprint density at radius 3 is 1.53 bits per heavy atom. The van der Waals surface area contributed by atoms with Crippen molar-refractivity contribution in [3.05, 3.63) is 0 Å². The van der Waals surface area contributed by atoms with Gasteiger partial charge < -0.3 is 67.9 Å².